The van der Waals surface area contributed by atoms with Crippen LogP contribution in [-0.4, -0.2) is 12.5 Å². The van der Waals surface area contributed by atoms with Crippen molar-refractivity contribution in [1.29, 1.82) is 0 Å². The molecule has 2 rings (SSSR count). The molecular formula is C18H21Cl2N2O+. The van der Waals surface area contributed by atoms with Crippen molar-refractivity contribution in [1.82, 2.24) is 5.32 Å². The topological polar surface area (TPSA) is 45.7 Å². The molecule has 23 heavy (non-hydrogen) atoms. The van der Waals surface area contributed by atoms with Gasteiger partial charge in [-0.15, -0.1) is 0 Å². The summed E-state index contributed by atoms with van der Waals surface area (Å²) >= 11 is 12.3. The Morgan fingerprint density at radius 1 is 1.00 bits per heavy atom. The van der Waals surface area contributed by atoms with E-state index in [1.807, 2.05) is 67.7 Å². The highest BCUT2D eigenvalue weighted by atomic mass is 35.5. The normalized spacial score (nSPS) is 13.4. The molecule has 0 aromatic heterocycles. The molecule has 0 saturated heterocycles. The minimum atomic E-state index is -0.125. The Kier molecular flexibility index (Phi) is 6.46. The van der Waals surface area contributed by atoms with Crippen LogP contribution in [0.5, 0.6) is 0 Å². The number of quaternary nitrogens is 1. The molecule has 0 fully saturated rings. The number of halogens is 2. The summed E-state index contributed by atoms with van der Waals surface area (Å²) in [7, 11) is 0. The molecule has 5 heteroatoms. The molecule has 2 aromatic rings. The lowest BCUT2D eigenvalue weighted by Crippen LogP contribution is -2.87. The van der Waals surface area contributed by atoms with E-state index in [1.54, 1.807) is 0 Å². The third kappa shape index (κ3) is 4.96. The fraction of sp³-hybridized carbons (Fsp3) is 0.278. The Morgan fingerprint density at radius 3 is 2.09 bits per heavy atom. The largest absolute Gasteiger partial charge is 0.345 e. The van der Waals surface area contributed by atoms with E-state index in [0.717, 1.165) is 16.1 Å². The highest BCUT2D eigenvalue weighted by Crippen LogP contribution is 2.22. The predicted octanol–water partition coefficient (Wildman–Crippen LogP) is 3.50. The standard InChI is InChI=1S/C18H20Cl2N2O/c1-12(14-7-3-5-9-16(14)19)21-11-18(23)22-13(2)15-8-4-6-10-17(15)20/h3-10,12-13,21H,11H2,1-2H3,(H,22,23)/p+1/t12-,13-/m0/s1. The van der Waals surface area contributed by atoms with E-state index in [2.05, 4.69) is 5.32 Å². The van der Waals surface area contributed by atoms with Gasteiger partial charge in [-0.2, -0.15) is 0 Å². The summed E-state index contributed by atoms with van der Waals surface area (Å²) in [5, 5.41) is 6.32. The van der Waals surface area contributed by atoms with Gasteiger partial charge in [0, 0.05) is 15.6 Å². The Labute approximate surface area is 147 Å². The third-order valence-corrected chi connectivity index (χ3v) is 4.49. The van der Waals surface area contributed by atoms with Gasteiger partial charge in [0.25, 0.3) is 5.91 Å². The molecule has 0 aliphatic carbocycles. The SMILES string of the molecule is C[C@H](NC(=O)C[NH2+][C@@H](C)c1ccccc1Cl)c1ccccc1Cl. The maximum Gasteiger partial charge on any atom is 0.275 e. The second-order valence-electron chi connectivity index (χ2n) is 5.56. The molecule has 3 N–H and O–H groups in total. The van der Waals surface area contributed by atoms with Gasteiger partial charge in [-0.25, -0.2) is 0 Å². The van der Waals surface area contributed by atoms with Crippen molar-refractivity contribution in [3.63, 3.8) is 0 Å². The predicted molar refractivity (Wildman–Crippen MR) is 94.7 cm³/mol. The average Bonchev–Trinajstić information content (AvgIpc) is 2.53. The monoisotopic (exact) mass is 351 g/mol. The molecule has 0 aliphatic heterocycles. The molecular weight excluding hydrogens is 331 g/mol. The lowest BCUT2D eigenvalue weighted by Gasteiger charge is -2.16. The van der Waals surface area contributed by atoms with E-state index in [0.29, 0.717) is 11.6 Å². The van der Waals surface area contributed by atoms with Crippen LogP contribution in [0.2, 0.25) is 10.0 Å². The maximum absolute atomic E-state index is 12.1. The van der Waals surface area contributed by atoms with Gasteiger partial charge in [-0.3, -0.25) is 4.79 Å². The van der Waals surface area contributed by atoms with Crippen LogP contribution in [0, 0.1) is 0 Å². The van der Waals surface area contributed by atoms with Gasteiger partial charge in [0.05, 0.1) is 6.04 Å². The fourth-order valence-corrected chi connectivity index (χ4v) is 3.07. The van der Waals surface area contributed by atoms with Crippen molar-refractivity contribution in [2.24, 2.45) is 0 Å². The van der Waals surface area contributed by atoms with Crippen molar-refractivity contribution in [3.05, 3.63) is 69.7 Å². The lowest BCUT2D eigenvalue weighted by molar-refractivity contribution is -0.682. The zero-order valence-electron chi connectivity index (χ0n) is 13.2. The number of benzene rings is 2. The van der Waals surface area contributed by atoms with Gasteiger partial charge in [0.15, 0.2) is 6.54 Å². The van der Waals surface area contributed by atoms with Crippen LogP contribution in [0.1, 0.15) is 37.1 Å². The molecule has 1 amide bonds. The van der Waals surface area contributed by atoms with Crippen LogP contribution < -0.4 is 10.6 Å². The van der Waals surface area contributed by atoms with Gasteiger partial charge in [-0.05, 0) is 31.5 Å². The first-order valence-electron chi connectivity index (χ1n) is 7.60. The number of rotatable bonds is 6. The Bertz CT molecular complexity index is 676. The molecule has 3 nitrogen and oxygen atoms in total. The van der Waals surface area contributed by atoms with Crippen LogP contribution in [0.25, 0.3) is 0 Å². The maximum atomic E-state index is 12.1. The quantitative estimate of drug-likeness (QED) is 0.821. The first-order valence-corrected chi connectivity index (χ1v) is 8.36. The molecule has 0 bridgehead atoms. The van der Waals surface area contributed by atoms with Crippen LogP contribution >= 0.6 is 23.2 Å². The molecule has 0 saturated carbocycles. The first-order chi connectivity index (χ1) is 11.0. The number of carbonyl (C=O) groups excluding carboxylic acids is 1. The molecule has 2 atom stereocenters. The second kappa shape index (κ2) is 8.34. The van der Waals surface area contributed by atoms with Crippen LogP contribution in [0.15, 0.2) is 48.5 Å². The summed E-state index contributed by atoms with van der Waals surface area (Å²) in [5.74, 6) is -0.0312. The fourth-order valence-electron chi connectivity index (χ4n) is 2.46. The van der Waals surface area contributed by atoms with E-state index in [9.17, 15) is 4.79 Å². The van der Waals surface area contributed by atoms with Crippen molar-refractivity contribution >= 4 is 29.1 Å². The molecule has 0 spiro atoms. The Hall–Kier alpha value is -1.55. The van der Waals surface area contributed by atoms with Crippen molar-refractivity contribution < 1.29 is 10.1 Å². The van der Waals surface area contributed by atoms with E-state index >= 15 is 0 Å². The Balaban J connectivity index is 1.88. The Morgan fingerprint density at radius 2 is 1.52 bits per heavy atom. The first kappa shape index (κ1) is 17.8. The molecule has 0 unspecified atom stereocenters. The number of nitrogens with one attached hydrogen (secondary N) is 1. The van der Waals surface area contributed by atoms with Crippen LogP contribution in [-0.2, 0) is 4.79 Å². The number of nitrogens with two attached hydrogens (primary N) is 1. The van der Waals surface area contributed by atoms with E-state index in [4.69, 9.17) is 23.2 Å². The summed E-state index contributed by atoms with van der Waals surface area (Å²) in [4.78, 5) is 12.1. The van der Waals surface area contributed by atoms with Crippen molar-refractivity contribution in [2.45, 2.75) is 25.9 Å². The van der Waals surface area contributed by atoms with Gasteiger partial charge < -0.3 is 10.6 Å². The van der Waals surface area contributed by atoms with Gasteiger partial charge in [0.2, 0.25) is 0 Å². The minimum Gasteiger partial charge on any atom is -0.345 e. The zero-order chi connectivity index (χ0) is 16.8. The van der Waals surface area contributed by atoms with E-state index < -0.39 is 0 Å². The second-order valence-corrected chi connectivity index (χ2v) is 6.38. The van der Waals surface area contributed by atoms with Gasteiger partial charge >= 0.3 is 0 Å². The molecule has 0 aliphatic rings. The van der Waals surface area contributed by atoms with E-state index in [-0.39, 0.29) is 18.0 Å². The summed E-state index contributed by atoms with van der Waals surface area (Å²) in [6.07, 6.45) is 0. The molecule has 122 valence electrons. The van der Waals surface area contributed by atoms with E-state index in [1.165, 1.54) is 0 Å². The summed E-state index contributed by atoms with van der Waals surface area (Å²) in [6, 6.07) is 15.2. The smallest absolute Gasteiger partial charge is 0.275 e. The summed E-state index contributed by atoms with van der Waals surface area (Å²) in [5.41, 5.74) is 1.95. The number of carbonyl (C=O) groups is 1. The highest BCUT2D eigenvalue weighted by molar-refractivity contribution is 6.31. The molecule has 0 radical (unpaired) electrons. The number of hydrogen-bond donors (Lipinski definition) is 2. The third-order valence-electron chi connectivity index (χ3n) is 3.80. The molecule has 0 heterocycles. The lowest BCUT2D eigenvalue weighted by atomic mass is 10.1. The number of hydrogen-bond acceptors (Lipinski definition) is 1. The average molecular weight is 352 g/mol. The highest BCUT2D eigenvalue weighted by Gasteiger charge is 2.16. The van der Waals surface area contributed by atoms with Crippen LogP contribution in [0.4, 0.5) is 0 Å². The van der Waals surface area contributed by atoms with Crippen LogP contribution in [0.3, 0.4) is 0 Å². The van der Waals surface area contributed by atoms with Gasteiger partial charge in [0.1, 0.15) is 6.04 Å². The minimum absolute atomic E-state index is 0.0312. The summed E-state index contributed by atoms with van der Waals surface area (Å²) < 4.78 is 0. The zero-order valence-corrected chi connectivity index (χ0v) is 14.7. The van der Waals surface area contributed by atoms with Crippen molar-refractivity contribution in [3.8, 4) is 0 Å². The van der Waals surface area contributed by atoms with Crippen molar-refractivity contribution in [2.75, 3.05) is 6.54 Å². The van der Waals surface area contributed by atoms with Gasteiger partial charge in [-0.1, -0.05) is 59.6 Å². The molecule has 2 aromatic carbocycles. The number of amides is 1. The summed E-state index contributed by atoms with van der Waals surface area (Å²) in [6.45, 7) is 4.30.